The zero-order chi connectivity index (χ0) is 34.6. The Morgan fingerprint density at radius 2 is 1.92 bits per heavy atom. The monoisotopic (exact) mass is 705 g/mol. The number of aromatic nitrogens is 5. The van der Waals surface area contributed by atoms with Crippen molar-refractivity contribution in [3.63, 3.8) is 0 Å². The summed E-state index contributed by atoms with van der Waals surface area (Å²) in [5.41, 5.74) is 5.18. The molecule has 6 aromatic rings. The number of methoxy groups -OCH3 is 1. The highest BCUT2D eigenvalue weighted by atomic mass is 32.1. The van der Waals surface area contributed by atoms with Crippen LogP contribution in [0.1, 0.15) is 63.7 Å². The molecule has 4 aromatic heterocycles. The molecule has 14 heteroatoms. The summed E-state index contributed by atoms with van der Waals surface area (Å²) >= 11 is 1.41. The van der Waals surface area contributed by atoms with Crippen LogP contribution in [0.2, 0.25) is 0 Å². The Balaban J connectivity index is 1.14. The lowest BCUT2D eigenvalue weighted by molar-refractivity contribution is 0.0637. The molecule has 1 amide bonds. The minimum absolute atomic E-state index is 0.0360. The SMILES string of the molecule is COc1c(F)ccc2c1CC[C@H]2Nc1ncnc2sc(-c3c4c(nc(CCc5ccc(F)cc5)c3-c3n[nH]c(=O)o3)C35CC(CN3C4=O)C5)cc12. The van der Waals surface area contributed by atoms with E-state index >= 15 is 0 Å². The van der Waals surface area contributed by atoms with Gasteiger partial charge in [-0.2, -0.15) is 0 Å². The van der Waals surface area contributed by atoms with Gasteiger partial charge in [0.05, 0.1) is 46.6 Å². The van der Waals surface area contributed by atoms with Gasteiger partial charge in [-0.25, -0.2) is 28.6 Å². The van der Waals surface area contributed by atoms with Crippen molar-refractivity contribution in [2.75, 3.05) is 19.0 Å². The number of carbonyl (C=O) groups is 1. The van der Waals surface area contributed by atoms with E-state index in [4.69, 9.17) is 14.1 Å². The van der Waals surface area contributed by atoms with Gasteiger partial charge in [0.25, 0.3) is 11.8 Å². The number of thiophene rings is 1. The van der Waals surface area contributed by atoms with Crippen LogP contribution in [0.4, 0.5) is 14.6 Å². The largest absolute Gasteiger partial charge is 0.493 e. The number of nitrogens with zero attached hydrogens (tertiary/aromatic N) is 5. The first-order chi connectivity index (χ1) is 24.8. The van der Waals surface area contributed by atoms with Crippen LogP contribution >= 0.6 is 11.3 Å². The summed E-state index contributed by atoms with van der Waals surface area (Å²) in [4.78, 5) is 44.6. The number of fused-ring (bicyclic) bond motifs is 3. The van der Waals surface area contributed by atoms with E-state index < -0.39 is 11.3 Å². The van der Waals surface area contributed by atoms with E-state index in [9.17, 15) is 18.4 Å². The molecule has 3 fully saturated rings. The highest BCUT2D eigenvalue weighted by Gasteiger charge is 2.65. The van der Waals surface area contributed by atoms with Crippen LogP contribution in [0.25, 0.3) is 32.1 Å². The second kappa shape index (κ2) is 11.0. The average Bonchev–Trinajstić information content (AvgIpc) is 3.96. The normalized spacial score (nSPS) is 21.2. The van der Waals surface area contributed by atoms with Crippen LogP contribution in [0.3, 0.4) is 0 Å². The van der Waals surface area contributed by atoms with Gasteiger partial charge in [0.15, 0.2) is 11.6 Å². The number of H-pyrrole nitrogens is 1. The van der Waals surface area contributed by atoms with Crippen molar-refractivity contribution in [3.05, 3.63) is 105 Å². The van der Waals surface area contributed by atoms with Gasteiger partial charge >= 0.3 is 5.76 Å². The van der Waals surface area contributed by atoms with E-state index in [1.165, 1.54) is 43.0 Å². The molecule has 2 bridgehead atoms. The number of hydrogen-bond donors (Lipinski definition) is 2. The second-order valence-corrected chi connectivity index (χ2v) is 14.8. The van der Waals surface area contributed by atoms with Crippen LogP contribution in [0.5, 0.6) is 5.75 Å². The third-order valence-corrected chi connectivity index (χ3v) is 12.1. The summed E-state index contributed by atoms with van der Waals surface area (Å²) in [7, 11) is 1.48. The first kappa shape index (κ1) is 30.3. The maximum absolute atomic E-state index is 14.5. The van der Waals surface area contributed by atoms with Crippen molar-refractivity contribution >= 4 is 33.3 Å². The number of anilines is 1. The summed E-state index contributed by atoms with van der Waals surface area (Å²) in [6.45, 7) is 0.676. The lowest BCUT2D eigenvalue weighted by Gasteiger charge is -2.37. The standard InChI is InChI=1S/C37H29F2N7O4S/c1-49-30-21-8-11-24(20(21)7-9-23(30)39)43-32-22-12-26(51-34(22)41-16-40-32)28-27(33-44-45-36(48)50-33)25(10-4-17-2-5-19(38)6-3-17)42-31-29(28)35(47)46-15-18-13-37(31,46)14-18/h2-3,5-7,9,12,16,18,24H,4,8,10-11,13-15H2,1H3,(H,45,48)(H,40,41,43)/t18?,24-,37?/m1/s1. The molecule has 0 unspecified atom stereocenters. The molecule has 3 aliphatic heterocycles. The first-order valence-corrected chi connectivity index (χ1v) is 17.7. The number of amides is 1. The molecule has 2 aromatic carbocycles. The Hall–Kier alpha value is -5.50. The van der Waals surface area contributed by atoms with Crippen LogP contribution in [-0.2, 0) is 24.8 Å². The molecule has 11 rings (SSSR count). The van der Waals surface area contributed by atoms with E-state index in [0.717, 1.165) is 51.9 Å². The maximum Gasteiger partial charge on any atom is 0.434 e. The summed E-state index contributed by atoms with van der Waals surface area (Å²) in [6.07, 6.45) is 5.55. The predicted octanol–water partition coefficient (Wildman–Crippen LogP) is 6.34. The molecule has 1 spiro atoms. The van der Waals surface area contributed by atoms with Crippen LogP contribution in [0.15, 0.2) is 58.0 Å². The number of aromatic amines is 1. The van der Waals surface area contributed by atoms with E-state index in [-0.39, 0.29) is 35.2 Å². The molecule has 7 heterocycles. The number of rotatable bonds is 8. The summed E-state index contributed by atoms with van der Waals surface area (Å²) < 4.78 is 39.2. The fourth-order valence-corrected chi connectivity index (χ4v) is 9.83. The molecule has 256 valence electrons. The highest BCUT2D eigenvalue weighted by molar-refractivity contribution is 7.22. The Morgan fingerprint density at radius 3 is 2.71 bits per heavy atom. The first-order valence-electron chi connectivity index (χ1n) is 16.9. The number of aryl methyl sites for hydroxylation is 2. The highest BCUT2D eigenvalue weighted by Crippen LogP contribution is 2.63. The number of pyridine rings is 1. The summed E-state index contributed by atoms with van der Waals surface area (Å²) in [5.74, 6) is -0.172. The molecule has 1 saturated carbocycles. The number of nitrogens with one attached hydrogen (secondary N) is 2. The number of hydrogen-bond acceptors (Lipinski definition) is 10. The maximum atomic E-state index is 14.5. The van der Waals surface area contributed by atoms with Gasteiger partial charge in [-0.1, -0.05) is 18.2 Å². The minimum atomic E-state index is -0.727. The summed E-state index contributed by atoms with van der Waals surface area (Å²) in [6, 6.07) is 11.4. The minimum Gasteiger partial charge on any atom is -0.493 e. The van der Waals surface area contributed by atoms with Crippen molar-refractivity contribution in [1.82, 2.24) is 30.0 Å². The third-order valence-electron chi connectivity index (χ3n) is 11.0. The molecule has 51 heavy (non-hydrogen) atoms. The van der Waals surface area contributed by atoms with E-state index in [0.29, 0.717) is 64.8 Å². The van der Waals surface area contributed by atoms with E-state index in [2.05, 4.69) is 25.5 Å². The molecule has 2 N–H and O–H groups in total. The van der Waals surface area contributed by atoms with E-state index in [1.54, 1.807) is 18.2 Å². The zero-order valence-corrected chi connectivity index (χ0v) is 28.1. The van der Waals surface area contributed by atoms with Crippen molar-refractivity contribution in [2.45, 2.75) is 50.1 Å². The topological polar surface area (TPSA) is 139 Å². The van der Waals surface area contributed by atoms with Gasteiger partial charge in [-0.05, 0) is 79.8 Å². The second-order valence-electron chi connectivity index (χ2n) is 13.7. The van der Waals surface area contributed by atoms with Crippen LogP contribution < -0.4 is 15.8 Å². The molecular weight excluding hydrogens is 677 g/mol. The Labute approximate surface area is 292 Å². The number of halogens is 2. The van der Waals surface area contributed by atoms with Crippen molar-refractivity contribution in [2.24, 2.45) is 5.92 Å². The van der Waals surface area contributed by atoms with Gasteiger partial charge in [0, 0.05) is 22.5 Å². The Morgan fingerprint density at radius 1 is 1.08 bits per heavy atom. The van der Waals surface area contributed by atoms with Gasteiger partial charge in [-0.3, -0.25) is 9.78 Å². The fraction of sp³-hybridized carbons (Fsp3) is 0.297. The third kappa shape index (κ3) is 4.44. The average molecular weight is 706 g/mol. The van der Waals surface area contributed by atoms with Crippen molar-refractivity contribution < 1.29 is 22.7 Å². The molecule has 5 aliphatic rings. The lowest BCUT2D eigenvalue weighted by Crippen LogP contribution is -2.40. The Bertz CT molecular complexity index is 2490. The van der Waals surface area contributed by atoms with Crippen molar-refractivity contribution in [3.8, 4) is 27.6 Å². The zero-order valence-electron chi connectivity index (χ0n) is 27.3. The quantitative estimate of drug-likeness (QED) is 0.186. The summed E-state index contributed by atoms with van der Waals surface area (Å²) in [5, 5.41) is 10.9. The number of carbonyl (C=O) groups excluding carboxylic acids is 1. The fourth-order valence-electron chi connectivity index (χ4n) is 8.77. The van der Waals surface area contributed by atoms with Crippen LogP contribution in [0, 0.1) is 17.6 Å². The van der Waals surface area contributed by atoms with E-state index in [1.807, 2.05) is 11.0 Å². The van der Waals surface area contributed by atoms with Gasteiger partial charge in [-0.15, -0.1) is 16.4 Å². The molecule has 2 saturated heterocycles. The molecule has 0 radical (unpaired) electrons. The predicted molar refractivity (Wildman–Crippen MR) is 184 cm³/mol. The Kier molecular flexibility index (Phi) is 6.54. The smallest absolute Gasteiger partial charge is 0.434 e. The number of benzene rings is 2. The molecular formula is C37H29F2N7O4S. The molecule has 11 nitrogen and oxygen atoms in total. The van der Waals surface area contributed by atoms with Gasteiger partial charge in [0.2, 0.25) is 0 Å². The lowest BCUT2D eigenvalue weighted by atomic mass is 9.71. The van der Waals surface area contributed by atoms with Crippen molar-refractivity contribution in [1.29, 1.82) is 0 Å². The molecule has 2 aliphatic carbocycles. The number of ether oxygens (including phenoxy) is 1. The van der Waals surface area contributed by atoms with Gasteiger partial charge in [0.1, 0.15) is 22.8 Å². The van der Waals surface area contributed by atoms with Gasteiger partial charge < -0.3 is 19.4 Å². The van der Waals surface area contributed by atoms with Crippen LogP contribution in [-0.4, -0.2) is 49.6 Å². The molecule has 1 atom stereocenters.